The van der Waals surface area contributed by atoms with Gasteiger partial charge in [-0.2, -0.15) is 0 Å². The van der Waals surface area contributed by atoms with Crippen LogP contribution in [0.2, 0.25) is 0 Å². The molecule has 0 amide bonds. The molecule has 0 aromatic rings. The number of hydrogen-bond donors (Lipinski definition) is 1. The number of likely N-dealkylation sites (tertiary alicyclic amines) is 1. The van der Waals surface area contributed by atoms with E-state index in [1.807, 2.05) is 0 Å². The molecule has 0 atom stereocenters. The van der Waals surface area contributed by atoms with Crippen LogP contribution in [0.25, 0.3) is 0 Å². The van der Waals surface area contributed by atoms with E-state index in [9.17, 15) is 0 Å². The van der Waals surface area contributed by atoms with Gasteiger partial charge in [0.05, 0.1) is 0 Å². The average molecular weight is 238 g/mol. The van der Waals surface area contributed by atoms with Gasteiger partial charge in [-0.25, -0.2) is 0 Å². The van der Waals surface area contributed by atoms with Crippen LogP contribution in [-0.2, 0) is 0 Å². The molecule has 0 radical (unpaired) electrons. The normalized spacial score (nSPS) is 25.2. The van der Waals surface area contributed by atoms with E-state index in [1.54, 1.807) is 0 Å². The van der Waals surface area contributed by atoms with Crippen molar-refractivity contribution in [2.45, 2.75) is 51.9 Å². The molecule has 0 aromatic carbocycles. The first-order chi connectivity index (χ1) is 8.38. The van der Waals surface area contributed by atoms with Gasteiger partial charge in [0.15, 0.2) is 0 Å². The van der Waals surface area contributed by atoms with Gasteiger partial charge in [0.25, 0.3) is 0 Å². The second kappa shape index (κ2) is 7.38. The fourth-order valence-electron chi connectivity index (χ4n) is 3.44. The lowest BCUT2D eigenvalue weighted by atomic mass is 9.91. The zero-order valence-electron chi connectivity index (χ0n) is 11.6. The molecule has 0 spiro atoms. The van der Waals surface area contributed by atoms with E-state index in [1.165, 1.54) is 77.7 Å². The van der Waals surface area contributed by atoms with Crippen molar-refractivity contribution in [3.05, 3.63) is 0 Å². The fourth-order valence-corrected chi connectivity index (χ4v) is 3.44. The standard InChI is InChI=1S/C15H30N2/c1-2-3-14-6-11-17(12-7-14)13-8-15-4-9-16-10-5-15/h14-16H,2-13H2,1H3. The maximum Gasteiger partial charge on any atom is -0.00161 e. The second-order valence-corrected chi connectivity index (χ2v) is 6.06. The number of rotatable bonds is 5. The zero-order valence-corrected chi connectivity index (χ0v) is 11.6. The topological polar surface area (TPSA) is 15.3 Å². The van der Waals surface area contributed by atoms with Crippen LogP contribution >= 0.6 is 0 Å². The van der Waals surface area contributed by atoms with Crippen LogP contribution in [0.1, 0.15) is 51.9 Å². The Morgan fingerprint density at radius 3 is 2.24 bits per heavy atom. The summed E-state index contributed by atoms with van der Waals surface area (Å²) >= 11 is 0. The van der Waals surface area contributed by atoms with Crippen LogP contribution in [0.15, 0.2) is 0 Å². The first-order valence-electron chi connectivity index (χ1n) is 7.81. The molecule has 0 aliphatic carbocycles. The molecular weight excluding hydrogens is 208 g/mol. The van der Waals surface area contributed by atoms with E-state index in [-0.39, 0.29) is 0 Å². The highest BCUT2D eigenvalue weighted by Crippen LogP contribution is 2.23. The molecule has 0 saturated carbocycles. The van der Waals surface area contributed by atoms with E-state index < -0.39 is 0 Å². The molecule has 2 aliphatic rings. The lowest BCUT2D eigenvalue weighted by Gasteiger charge is -2.33. The van der Waals surface area contributed by atoms with E-state index in [0.29, 0.717) is 0 Å². The number of nitrogens with one attached hydrogen (secondary N) is 1. The monoisotopic (exact) mass is 238 g/mol. The van der Waals surface area contributed by atoms with Crippen LogP contribution in [0.4, 0.5) is 0 Å². The summed E-state index contributed by atoms with van der Waals surface area (Å²) in [5, 5.41) is 3.46. The number of hydrogen-bond acceptors (Lipinski definition) is 2. The molecule has 2 aliphatic heterocycles. The Kier molecular flexibility index (Phi) is 5.79. The summed E-state index contributed by atoms with van der Waals surface area (Å²) in [4.78, 5) is 2.72. The largest absolute Gasteiger partial charge is 0.317 e. The van der Waals surface area contributed by atoms with E-state index in [2.05, 4.69) is 17.1 Å². The second-order valence-electron chi connectivity index (χ2n) is 6.06. The van der Waals surface area contributed by atoms with Crippen LogP contribution in [-0.4, -0.2) is 37.6 Å². The Hall–Kier alpha value is -0.0800. The van der Waals surface area contributed by atoms with Gasteiger partial charge in [0, 0.05) is 0 Å². The predicted octanol–water partition coefficient (Wildman–Crippen LogP) is 2.89. The third-order valence-electron chi connectivity index (χ3n) is 4.72. The van der Waals surface area contributed by atoms with Gasteiger partial charge < -0.3 is 10.2 Å². The molecule has 2 heteroatoms. The Bertz CT molecular complexity index is 191. The molecular formula is C15H30N2. The highest BCUT2D eigenvalue weighted by Gasteiger charge is 2.20. The molecule has 2 rings (SSSR count). The molecule has 2 heterocycles. The lowest BCUT2D eigenvalue weighted by molar-refractivity contribution is 0.164. The van der Waals surface area contributed by atoms with Crippen molar-refractivity contribution >= 4 is 0 Å². The van der Waals surface area contributed by atoms with Crippen LogP contribution < -0.4 is 5.32 Å². The maximum absolute atomic E-state index is 3.46. The van der Waals surface area contributed by atoms with Gasteiger partial charge in [-0.15, -0.1) is 0 Å². The van der Waals surface area contributed by atoms with Crippen molar-refractivity contribution in [3.8, 4) is 0 Å². The van der Waals surface area contributed by atoms with Gasteiger partial charge in [0.2, 0.25) is 0 Å². The van der Waals surface area contributed by atoms with Crippen molar-refractivity contribution in [3.63, 3.8) is 0 Å². The summed E-state index contributed by atoms with van der Waals surface area (Å²) in [5.41, 5.74) is 0. The minimum Gasteiger partial charge on any atom is -0.317 e. The quantitative estimate of drug-likeness (QED) is 0.792. The molecule has 0 aromatic heterocycles. The van der Waals surface area contributed by atoms with E-state index >= 15 is 0 Å². The molecule has 0 bridgehead atoms. The summed E-state index contributed by atoms with van der Waals surface area (Å²) in [5.74, 6) is 2.04. The maximum atomic E-state index is 3.46. The van der Waals surface area contributed by atoms with Gasteiger partial charge in [-0.05, 0) is 76.7 Å². The fraction of sp³-hybridized carbons (Fsp3) is 1.00. The summed E-state index contributed by atoms with van der Waals surface area (Å²) in [6.45, 7) is 8.94. The molecule has 2 fully saturated rings. The van der Waals surface area contributed by atoms with Crippen molar-refractivity contribution in [1.29, 1.82) is 0 Å². The third kappa shape index (κ3) is 4.59. The van der Waals surface area contributed by atoms with Gasteiger partial charge in [0.1, 0.15) is 0 Å². The Labute approximate surface area is 107 Å². The van der Waals surface area contributed by atoms with Gasteiger partial charge >= 0.3 is 0 Å². The third-order valence-corrected chi connectivity index (χ3v) is 4.72. The smallest absolute Gasteiger partial charge is 0.00161 e. The molecule has 0 unspecified atom stereocenters. The van der Waals surface area contributed by atoms with Crippen molar-refractivity contribution in [1.82, 2.24) is 10.2 Å². The number of piperidine rings is 2. The first kappa shape index (κ1) is 13.4. The predicted molar refractivity (Wildman–Crippen MR) is 74.3 cm³/mol. The summed E-state index contributed by atoms with van der Waals surface area (Å²) < 4.78 is 0. The molecule has 2 nitrogen and oxygen atoms in total. The molecule has 17 heavy (non-hydrogen) atoms. The van der Waals surface area contributed by atoms with Crippen LogP contribution in [0.3, 0.4) is 0 Å². The SMILES string of the molecule is CCCC1CCN(CCC2CCNCC2)CC1. The first-order valence-corrected chi connectivity index (χ1v) is 7.81. The summed E-state index contributed by atoms with van der Waals surface area (Å²) in [7, 11) is 0. The summed E-state index contributed by atoms with van der Waals surface area (Å²) in [6, 6.07) is 0. The van der Waals surface area contributed by atoms with E-state index in [4.69, 9.17) is 0 Å². The van der Waals surface area contributed by atoms with Crippen molar-refractivity contribution in [2.75, 3.05) is 32.7 Å². The Morgan fingerprint density at radius 1 is 0.941 bits per heavy atom. The van der Waals surface area contributed by atoms with Crippen LogP contribution in [0, 0.1) is 11.8 Å². The molecule has 100 valence electrons. The van der Waals surface area contributed by atoms with Crippen molar-refractivity contribution in [2.24, 2.45) is 11.8 Å². The lowest BCUT2D eigenvalue weighted by Crippen LogP contribution is -2.36. The highest BCUT2D eigenvalue weighted by molar-refractivity contribution is 4.74. The Morgan fingerprint density at radius 2 is 1.59 bits per heavy atom. The summed E-state index contributed by atoms with van der Waals surface area (Å²) in [6.07, 6.45) is 10.0. The number of nitrogens with zero attached hydrogens (tertiary/aromatic N) is 1. The van der Waals surface area contributed by atoms with E-state index in [0.717, 1.165) is 11.8 Å². The Balaban J connectivity index is 1.57. The van der Waals surface area contributed by atoms with Crippen molar-refractivity contribution < 1.29 is 0 Å². The average Bonchev–Trinajstić information content (AvgIpc) is 2.40. The van der Waals surface area contributed by atoms with Gasteiger partial charge in [-0.3, -0.25) is 0 Å². The minimum absolute atomic E-state index is 1.00. The van der Waals surface area contributed by atoms with Gasteiger partial charge in [-0.1, -0.05) is 19.8 Å². The zero-order chi connectivity index (χ0) is 11.9. The highest BCUT2D eigenvalue weighted by atomic mass is 15.1. The minimum atomic E-state index is 1.00. The van der Waals surface area contributed by atoms with Crippen LogP contribution in [0.5, 0.6) is 0 Å². The molecule has 1 N–H and O–H groups in total. The molecule has 2 saturated heterocycles.